The lowest BCUT2D eigenvalue weighted by Crippen LogP contribution is -2.39. The smallest absolute Gasteiger partial charge is 0.322 e. The van der Waals surface area contributed by atoms with Gasteiger partial charge in [0.25, 0.3) is 5.56 Å². The van der Waals surface area contributed by atoms with Crippen LogP contribution in [0.1, 0.15) is 18.5 Å². The zero-order valence-corrected chi connectivity index (χ0v) is 16.8. The lowest BCUT2D eigenvalue weighted by atomic mass is 10.0. The molecule has 0 fully saturated rings. The van der Waals surface area contributed by atoms with Crippen LogP contribution in [-0.2, 0) is 4.74 Å². The van der Waals surface area contributed by atoms with Crippen LogP contribution in [0.25, 0.3) is 10.8 Å². The van der Waals surface area contributed by atoms with Gasteiger partial charge in [-0.15, -0.1) is 0 Å². The van der Waals surface area contributed by atoms with Crippen molar-refractivity contribution in [1.29, 1.82) is 0 Å². The number of rotatable bonds is 6. The van der Waals surface area contributed by atoms with Gasteiger partial charge in [0.05, 0.1) is 17.7 Å². The van der Waals surface area contributed by atoms with E-state index in [0.717, 1.165) is 10.9 Å². The third-order valence-electron chi connectivity index (χ3n) is 4.73. The van der Waals surface area contributed by atoms with Crippen molar-refractivity contribution in [2.24, 2.45) is 0 Å². The first-order chi connectivity index (χ1) is 13.9. The van der Waals surface area contributed by atoms with Gasteiger partial charge in [-0.1, -0.05) is 29.8 Å². The highest BCUT2D eigenvalue weighted by Crippen LogP contribution is 2.27. The Balaban J connectivity index is 1.93. The molecule has 0 saturated carbocycles. The lowest BCUT2D eigenvalue weighted by Gasteiger charge is -2.30. The summed E-state index contributed by atoms with van der Waals surface area (Å²) in [5.41, 5.74) is 0.983. The van der Waals surface area contributed by atoms with E-state index in [9.17, 15) is 14.0 Å². The summed E-state index contributed by atoms with van der Waals surface area (Å²) in [6.07, 6.45) is 1.62. The van der Waals surface area contributed by atoms with Gasteiger partial charge in [0.1, 0.15) is 5.82 Å². The number of carbonyl (C=O) groups excluding carboxylic acids is 1. The molecule has 29 heavy (non-hydrogen) atoms. The summed E-state index contributed by atoms with van der Waals surface area (Å²) in [6, 6.07) is 10.4. The average molecular weight is 418 g/mol. The van der Waals surface area contributed by atoms with Gasteiger partial charge in [0, 0.05) is 30.9 Å². The normalized spacial score (nSPS) is 12.0. The topological polar surface area (TPSA) is 74.4 Å². The molecule has 0 unspecified atom stereocenters. The molecule has 1 atom stereocenters. The molecule has 0 aliphatic carbocycles. The molecular weight excluding hydrogens is 397 g/mol. The number of halogens is 2. The first-order valence-corrected chi connectivity index (χ1v) is 9.42. The highest BCUT2D eigenvalue weighted by Gasteiger charge is 2.23. The number of amides is 2. The van der Waals surface area contributed by atoms with Gasteiger partial charge >= 0.3 is 6.03 Å². The Bertz CT molecular complexity index is 1090. The summed E-state index contributed by atoms with van der Waals surface area (Å²) in [5, 5.41) is 3.98. The number of pyridine rings is 1. The first kappa shape index (κ1) is 20.8. The molecule has 2 amide bonds. The minimum atomic E-state index is -0.561. The van der Waals surface area contributed by atoms with Crippen molar-refractivity contribution in [2.45, 2.75) is 13.0 Å². The van der Waals surface area contributed by atoms with Crippen LogP contribution in [0.5, 0.6) is 0 Å². The summed E-state index contributed by atoms with van der Waals surface area (Å²) in [4.78, 5) is 29.4. The van der Waals surface area contributed by atoms with E-state index in [0.29, 0.717) is 24.2 Å². The third kappa shape index (κ3) is 4.58. The molecule has 2 aromatic carbocycles. The van der Waals surface area contributed by atoms with Crippen molar-refractivity contribution in [3.8, 4) is 0 Å². The monoisotopic (exact) mass is 417 g/mol. The van der Waals surface area contributed by atoms with E-state index in [4.69, 9.17) is 16.3 Å². The van der Waals surface area contributed by atoms with Crippen LogP contribution >= 0.6 is 11.6 Å². The molecule has 0 saturated heterocycles. The quantitative estimate of drug-likeness (QED) is 0.617. The summed E-state index contributed by atoms with van der Waals surface area (Å²) in [5.74, 6) is -0.561. The van der Waals surface area contributed by atoms with Crippen molar-refractivity contribution in [3.63, 3.8) is 0 Å². The highest BCUT2D eigenvalue weighted by molar-refractivity contribution is 6.31. The summed E-state index contributed by atoms with van der Waals surface area (Å²) in [7, 11) is 1.55. The Labute approximate surface area is 172 Å². The second-order valence-corrected chi connectivity index (χ2v) is 6.95. The van der Waals surface area contributed by atoms with Crippen LogP contribution < -0.4 is 10.9 Å². The van der Waals surface area contributed by atoms with Crippen molar-refractivity contribution in [2.75, 3.05) is 25.6 Å². The summed E-state index contributed by atoms with van der Waals surface area (Å²) >= 11 is 5.81. The van der Waals surface area contributed by atoms with Crippen LogP contribution in [0.3, 0.4) is 0 Å². The van der Waals surface area contributed by atoms with Crippen molar-refractivity contribution in [3.05, 3.63) is 75.4 Å². The van der Waals surface area contributed by atoms with Crippen LogP contribution in [-0.4, -0.2) is 36.2 Å². The van der Waals surface area contributed by atoms with E-state index in [-0.39, 0.29) is 16.6 Å². The molecule has 3 rings (SSSR count). The number of urea groups is 1. The second-order valence-electron chi connectivity index (χ2n) is 6.54. The number of benzene rings is 2. The Morgan fingerprint density at radius 2 is 2.00 bits per heavy atom. The molecule has 0 bridgehead atoms. The molecule has 152 valence electrons. The zero-order valence-electron chi connectivity index (χ0n) is 16.0. The fourth-order valence-corrected chi connectivity index (χ4v) is 3.36. The first-order valence-electron chi connectivity index (χ1n) is 9.04. The number of nitrogens with one attached hydrogen (secondary N) is 2. The maximum absolute atomic E-state index is 13.4. The number of fused-ring (bicyclic) bond motifs is 1. The van der Waals surface area contributed by atoms with Gasteiger partial charge in [-0.05, 0) is 42.1 Å². The highest BCUT2D eigenvalue weighted by atomic mass is 35.5. The molecule has 0 aliphatic rings. The molecular formula is C21H21ClFN3O3. The molecule has 0 spiro atoms. The molecule has 1 aromatic heterocycles. The fraction of sp³-hybridized carbons (Fsp3) is 0.238. The largest absolute Gasteiger partial charge is 0.383 e. The summed E-state index contributed by atoms with van der Waals surface area (Å²) in [6.45, 7) is 2.50. The van der Waals surface area contributed by atoms with Crippen LogP contribution in [0.15, 0.2) is 53.5 Å². The van der Waals surface area contributed by atoms with E-state index in [1.807, 2.05) is 19.1 Å². The van der Waals surface area contributed by atoms with E-state index in [1.54, 1.807) is 30.3 Å². The number of ether oxygens (including phenoxy) is 1. The molecule has 8 heteroatoms. The Morgan fingerprint density at radius 1 is 1.28 bits per heavy atom. The number of aromatic amines is 1. The standard InChI is InChI=1S/C21H21ClFN3O3/c1-13(17-12-24-20(27)16-6-4-3-5-15(16)17)26(9-10-29-2)21(28)25-14-7-8-19(23)18(22)11-14/h3-8,11-13H,9-10H2,1-2H3,(H,24,27)(H,25,28)/t13-/m0/s1. The van der Waals surface area contributed by atoms with Crippen LogP contribution in [0, 0.1) is 5.82 Å². The average Bonchev–Trinajstić information content (AvgIpc) is 2.71. The third-order valence-corrected chi connectivity index (χ3v) is 5.02. The van der Waals surface area contributed by atoms with Gasteiger partial charge in [0.2, 0.25) is 0 Å². The maximum Gasteiger partial charge on any atom is 0.322 e. The maximum atomic E-state index is 13.4. The molecule has 1 heterocycles. The number of methoxy groups -OCH3 is 1. The predicted octanol–water partition coefficient (Wildman–Crippen LogP) is 4.56. The van der Waals surface area contributed by atoms with Crippen molar-refractivity contribution >= 4 is 34.1 Å². The van der Waals surface area contributed by atoms with Crippen LogP contribution in [0.2, 0.25) is 5.02 Å². The Hall–Kier alpha value is -2.90. The molecule has 3 aromatic rings. The van der Waals surface area contributed by atoms with Gasteiger partial charge < -0.3 is 19.9 Å². The molecule has 6 nitrogen and oxygen atoms in total. The van der Waals surface area contributed by atoms with Crippen LogP contribution in [0.4, 0.5) is 14.9 Å². The Morgan fingerprint density at radius 3 is 2.69 bits per heavy atom. The SMILES string of the molecule is COCCN(C(=O)Nc1ccc(F)c(Cl)c1)[C@@H](C)c1c[nH]c(=O)c2ccccc12. The summed E-state index contributed by atoms with van der Waals surface area (Å²) < 4.78 is 18.5. The number of hydrogen-bond donors (Lipinski definition) is 2. The predicted molar refractivity (Wildman–Crippen MR) is 112 cm³/mol. The van der Waals surface area contributed by atoms with Crippen molar-refractivity contribution < 1.29 is 13.9 Å². The number of carbonyl (C=O) groups is 1. The Kier molecular flexibility index (Phi) is 6.51. The molecule has 0 radical (unpaired) electrons. The number of aromatic nitrogens is 1. The molecule has 0 aliphatic heterocycles. The number of nitrogens with zero attached hydrogens (tertiary/aromatic N) is 1. The minimum Gasteiger partial charge on any atom is -0.383 e. The van der Waals surface area contributed by atoms with E-state index >= 15 is 0 Å². The lowest BCUT2D eigenvalue weighted by molar-refractivity contribution is 0.140. The van der Waals surface area contributed by atoms with Gasteiger partial charge in [0.15, 0.2) is 0 Å². The second kappa shape index (κ2) is 9.07. The van der Waals surface area contributed by atoms with E-state index in [1.165, 1.54) is 18.2 Å². The molecule has 2 N–H and O–H groups in total. The minimum absolute atomic E-state index is 0.0779. The van der Waals surface area contributed by atoms with Crippen molar-refractivity contribution in [1.82, 2.24) is 9.88 Å². The zero-order chi connectivity index (χ0) is 21.0. The van der Waals surface area contributed by atoms with Gasteiger partial charge in [-0.2, -0.15) is 0 Å². The van der Waals surface area contributed by atoms with E-state index in [2.05, 4.69) is 10.3 Å². The number of H-pyrrole nitrogens is 1. The number of hydrogen-bond acceptors (Lipinski definition) is 3. The fourth-order valence-electron chi connectivity index (χ4n) is 3.18. The van der Waals surface area contributed by atoms with Gasteiger partial charge in [-0.25, -0.2) is 9.18 Å². The number of anilines is 1. The van der Waals surface area contributed by atoms with E-state index < -0.39 is 11.8 Å². The van der Waals surface area contributed by atoms with Gasteiger partial charge in [-0.3, -0.25) is 4.79 Å².